The van der Waals surface area contributed by atoms with E-state index in [1.807, 2.05) is 43.3 Å². The number of carboxylic acid groups (broad SMARTS) is 1. The first-order valence-electron chi connectivity index (χ1n) is 13.1. The van der Waals surface area contributed by atoms with Crippen LogP contribution in [0.15, 0.2) is 42.5 Å². The van der Waals surface area contributed by atoms with E-state index in [2.05, 4.69) is 17.3 Å². The third kappa shape index (κ3) is 8.97. The van der Waals surface area contributed by atoms with Crippen molar-refractivity contribution in [1.29, 1.82) is 0 Å². The molecule has 1 fully saturated rings. The van der Waals surface area contributed by atoms with Crippen LogP contribution < -0.4 is 5.32 Å². The SMILES string of the molecule is Cc1ccccc1-c1cc(CN(C)CCC2CCCCC2)ccc1C(=O)NC(CCS(C)(=O)=O)C(=O)O. The molecule has 0 heterocycles. The van der Waals surface area contributed by atoms with E-state index in [9.17, 15) is 23.1 Å². The highest BCUT2D eigenvalue weighted by Crippen LogP contribution is 2.29. The van der Waals surface area contributed by atoms with Crippen LogP contribution in [0.4, 0.5) is 0 Å². The molecule has 1 saturated carbocycles. The Morgan fingerprint density at radius 1 is 1.08 bits per heavy atom. The van der Waals surface area contributed by atoms with E-state index in [0.29, 0.717) is 5.56 Å². The lowest BCUT2D eigenvalue weighted by Crippen LogP contribution is -2.42. The average molecular weight is 529 g/mol. The van der Waals surface area contributed by atoms with E-state index in [4.69, 9.17) is 0 Å². The van der Waals surface area contributed by atoms with Crippen molar-refractivity contribution in [1.82, 2.24) is 10.2 Å². The van der Waals surface area contributed by atoms with Gasteiger partial charge in [-0.15, -0.1) is 0 Å². The second-order valence-corrected chi connectivity index (χ2v) is 12.8. The summed E-state index contributed by atoms with van der Waals surface area (Å²) in [7, 11) is -1.24. The summed E-state index contributed by atoms with van der Waals surface area (Å²) in [6.07, 6.45) is 8.76. The van der Waals surface area contributed by atoms with Crippen LogP contribution in [0, 0.1) is 12.8 Å². The molecule has 2 aromatic rings. The van der Waals surface area contributed by atoms with Gasteiger partial charge in [-0.2, -0.15) is 0 Å². The Labute approximate surface area is 221 Å². The third-order valence-electron chi connectivity index (χ3n) is 7.24. The van der Waals surface area contributed by atoms with Gasteiger partial charge in [0.2, 0.25) is 0 Å². The van der Waals surface area contributed by atoms with Crippen molar-refractivity contribution in [3.8, 4) is 11.1 Å². The highest BCUT2D eigenvalue weighted by atomic mass is 32.2. The normalized spacial score (nSPS) is 15.5. The van der Waals surface area contributed by atoms with Crippen LogP contribution in [0.1, 0.15) is 66.4 Å². The Morgan fingerprint density at radius 3 is 2.43 bits per heavy atom. The largest absolute Gasteiger partial charge is 0.480 e. The molecule has 202 valence electrons. The Balaban J connectivity index is 1.81. The molecule has 0 saturated heterocycles. The van der Waals surface area contributed by atoms with Crippen molar-refractivity contribution < 1.29 is 23.1 Å². The first kappa shape index (κ1) is 28.9. The summed E-state index contributed by atoms with van der Waals surface area (Å²) in [6.45, 7) is 3.75. The van der Waals surface area contributed by atoms with Crippen molar-refractivity contribution in [2.45, 2.75) is 64.5 Å². The summed E-state index contributed by atoms with van der Waals surface area (Å²) in [4.78, 5) is 27.3. The standard InChI is InChI=1S/C29H40N2O5S/c1-21-9-7-8-12-24(21)26-19-23(20-31(2)17-15-22-10-5-4-6-11-22)13-14-25(26)28(32)30-27(29(33)34)16-18-37(3,35)36/h7-9,12-14,19,22,27H,4-6,10-11,15-18,20H2,1-3H3,(H,30,32)(H,33,34). The number of benzene rings is 2. The molecule has 0 bridgehead atoms. The number of rotatable bonds is 12. The predicted molar refractivity (Wildman–Crippen MR) is 147 cm³/mol. The number of carbonyl (C=O) groups excluding carboxylic acids is 1. The van der Waals surface area contributed by atoms with E-state index in [0.717, 1.165) is 47.5 Å². The fourth-order valence-electron chi connectivity index (χ4n) is 5.08. The van der Waals surface area contributed by atoms with E-state index in [1.54, 1.807) is 6.07 Å². The lowest BCUT2D eigenvalue weighted by Gasteiger charge is -2.25. The average Bonchev–Trinajstić information content (AvgIpc) is 2.85. The van der Waals surface area contributed by atoms with Gasteiger partial charge in [0.05, 0.1) is 5.75 Å². The molecule has 2 N–H and O–H groups in total. The van der Waals surface area contributed by atoms with Gasteiger partial charge in [0.1, 0.15) is 15.9 Å². The molecule has 3 rings (SSSR count). The summed E-state index contributed by atoms with van der Waals surface area (Å²) >= 11 is 0. The number of hydrogen-bond donors (Lipinski definition) is 2. The maximum atomic E-state index is 13.3. The van der Waals surface area contributed by atoms with Crippen LogP contribution in [0.3, 0.4) is 0 Å². The second kappa shape index (κ2) is 13.2. The molecule has 1 aliphatic rings. The van der Waals surface area contributed by atoms with Crippen molar-refractivity contribution in [3.05, 3.63) is 59.2 Å². The number of carbonyl (C=O) groups is 2. The summed E-state index contributed by atoms with van der Waals surface area (Å²) in [5.41, 5.74) is 4.09. The fraction of sp³-hybridized carbons (Fsp3) is 0.517. The molecule has 2 aromatic carbocycles. The number of sulfone groups is 1. The molecule has 1 amide bonds. The zero-order valence-corrected chi connectivity index (χ0v) is 23.0. The minimum atomic E-state index is -3.36. The number of aliphatic carboxylic acids is 1. The van der Waals surface area contributed by atoms with Crippen molar-refractivity contribution in [2.24, 2.45) is 5.92 Å². The molecular formula is C29H40N2O5S. The highest BCUT2D eigenvalue weighted by molar-refractivity contribution is 7.90. The fourth-order valence-corrected chi connectivity index (χ4v) is 5.74. The predicted octanol–water partition coefficient (Wildman–Crippen LogP) is 4.68. The minimum absolute atomic E-state index is 0.191. The first-order valence-corrected chi connectivity index (χ1v) is 15.2. The Hall–Kier alpha value is -2.71. The molecule has 1 unspecified atom stereocenters. The number of carboxylic acids is 1. The van der Waals surface area contributed by atoms with Crippen LogP contribution in [0.5, 0.6) is 0 Å². The lowest BCUT2D eigenvalue weighted by molar-refractivity contribution is -0.139. The maximum absolute atomic E-state index is 13.3. The highest BCUT2D eigenvalue weighted by Gasteiger charge is 2.24. The van der Waals surface area contributed by atoms with Crippen LogP contribution in [-0.2, 0) is 21.2 Å². The molecule has 0 aromatic heterocycles. The van der Waals surface area contributed by atoms with E-state index in [1.165, 1.54) is 38.5 Å². The van der Waals surface area contributed by atoms with Gasteiger partial charge in [-0.25, -0.2) is 13.2 Å². The summed E-state index contributed by atoms with van der Waals surface area (Å²) in [5, 5.41) is 12.1. The van der Waals surface area contributed by atoms with Gasteiger partial charge < -0.3 is 15.3 Å². The zero-order chi connectivity index (χ0) is 27.0. The summed E-state index contributed by atoms with van der Waals surface area (Å²) < 4.78 is 23.1. The second-order valence-electron chi connectivity index (χ2n) is 10.5. The van der Waals surface area contributed by atoms with Gasteiger partial charge >= 0.3 is 5.97 Å². The maximum Gasteiger partial charge on any atom is 0.326 e. The Bertz CT molecular complexity index is 1190. The number of aryl methyl sites for hydroxylation is 1. The Morgan fingerprint density at radius 2 is 1.78 bits per heavy atom. The smallest absolute Gasteiger partial charge is 0.326 e. The quantitative estimate of drug-likeness (QED) is 0.415. The van der Waals surface area contributed by atoms with Crippen LogP contribution in [0.2, 0.25) is 0 Å². The molecule has 0 aliphatic heterocycles. The van der Waals surface area contributed by atoms with E-state index >= 15 is 0 Å². The summed E-state index contributed by atoms with van der Waals surface area (Å²) in [6, 6.07) is 12.2. The van der Waals surface area contributed by atoms with Gasteiger partial charge in [-0.1, -0.05) is 62.4 Å². The molecule has 1 atom stereocenters. The summed E-state index contributed by atoms with van der Waals surface area (Å²) in [5.74, 6) is -1.29. The van der Waals surface area contributed by atoms with Crippen LogP contribution in [0.25, 0.3) is 11.1 Å². The molecule has 0 radical (unpaired) electrons. The molecule has 0 spiro atoms. The van der Waals surface area contributed by atoms with Crippen LogP contribution >= 0.6 is 0 Å². The van der Waals surface area contributed by atoms with Gasteiger partial charge in [0.15, 0.2) is 0 Å². The van der Waals surface area contributed by atoms with Gasteiger partial charge in [0.25, 0.3) is 5.91 Å². The lowest BCUT2D eigenvalue weighted by atomic mass is 9.87. The number of hydrogen-bond acceptors (Lipinski definition) is 5. The first-order chi connectivity index (χ1) is 17.5. The number of nitrogens with zero attached hydrogens (tertiary/aromatic N) is 1. The van der Waals surface area contributed by atoms with E-state index in [-0.39, 0.29) is 12.2 Å². The molecular weight excluding hydrogens is 488 g/mol. The third-order valence-corrected chi connectivity index (χ3v) is 8.22. The molecule has 37 heavy (non-hydrogen) atoms. The Kier molecular flexibility index (Phi) is 10.3. The van der Waals surface area contributed by atoms with Crippen molar-refractivity contribution in [2.75, 3.05) is 25.6 Å². The van der Waals surface area contributed by atoms with Gasteiger partial charge in [-0.05, 0) is 73.7 Å². The molecule has 1 aliphatic carbocycles. The zero-order valence-electron chi connectivity index (χ0n) is 22.2. The van der Waals surface area contributed by atoms with Crippen LogP contribution in [-0.4, -0.2) is 61.9 Å². The minimum Gasteiger partial charge on any atom is -0.480 e. The van der Waals surface area contributed by atoms with Crippen molar-refractivity contribution >= 4 is 21.7 Å². The van der Waals surface area contributed by atoms with Gasteiger partial charge in [0, 0.05) is 18.4 Å². The molecule has 8 heteroatoms. The number of amides is 1. The van der Waals surface area contributed by atoms with Crippen molar-refractivity contribution in [3.63, 3.8) is 0 Å². The number of nitrogens with one attached hydrogen (secondary N) is 1. The monoisotopic (exact) mass is 528 g/mol. The van der Waals surface area contributed by atoms with E-state index < -0.39 is 27.8 Å². The molecule has 7 nitrogen and oxygen atoms in total. The topological polar surface area (TPSA) is 104 Å². The van der Waals surface area contributed by atoms with Gasteiger partial charge in [-0.3, -0.25) is 4.79 Å².